The Morgan fingerprint density at radius 2 is 1.65 bits per heavy atom. The number of hydrogen-bond acceptors (Lipinski definition) is 4. The second kappa shape index (κ2) is 9.55. The number of nitrogens with zero attached hydrogens (tertiary/aromatic N) is 2. The van der Waals surface area contributed by atoms with Crippen molar-refractivity contribution in [3.63, 3.8) is 0 Å². The SMILES string of the molecule is CNC(=O)N1N=C(c2ccc(-c3cc(C)cc(F)c3)cc2)c2cc(OC)c(OC)cc2CC1C. The van der Waals surface area contributed by atoms with Crippen LogP contribution in [0.25, 0.3) is 11.1 Å². The summed E-state index contributed by atoms with van der Waals surface area (Å²) in [7, 11) is 4.78. The maximum absolute atomic E-state index is 13.9. The molecule has 3 aromatic rings. The molecule has 1 unspecified atom stereocenters. The van der Waals surface area contributed by atoms with E-state index < -0.39 is 0 Å². The van der Waals surface area contributed by atoms with Gasteiger partial charge in [0.25, 0.3) is 0 Å². The Morgan fingerprint density at radius 3 is 2.26 bits per heavy atom. The number of aryl methyl sites for hydroxylation is 1. The van der Waals surface area contributed by atoms with E-state index in [1.165, 1.54) is 17.1 Å². The minimum absolute atomic E-state index is 0.177. The van der Waals surface area contributed by atoms with Crippen molar-refractivity contribution in [1.82, 2.24) is 10.3 Å². The first-order valence-electron chi connectivity index (χ1n) is 11.1. The van der Waals surface area contributed by atoms with E-state index in [4.69, 9.17) is 14.6 Å². The van der Waals surface area contributed by atoms with Crippen LogP contribution in [0, 0.1) is 12.7 Å². The molecule has 7 heteroatoms. The quantitative estimate of drug-likeness (QED) is 0.584. The molecule has 0 aliphatic carbocycles. The highest BCUT2D eigenvalue weighted by atomic mass is 19.1. The fourth-order valence-corrected chi connectivity index (χ4v) is 4.27. The number of carbonyl (C=O) groups excluding carboxylic acids is 1. The largest absolute Gasteiger partial charge is 0.493 e. The van der Waals surface area contributed by atoms with Crippen molar-refractivity contribution in [3.05, 3.63) is 82.7 Å². The van der Waals surface area contributed by atoms with Crippen LogP contribution in [0.1, 0.15) is 29.2 Å². The molecule has 0 bridgehead atoms. The summed E-state index contributed by atoms with van der Waals surface area (Å²) in [5.74, 6) is 0.942. The Bertz CT molecular complexity index is 1230. The molecule has 3 aromatic carbocycles. The van der Waals surface area contributed by atoms with Crippen LogP contribution in [-0.4, -0.2) is 44.1 Å². The van der Waals surface area contributed by atoms with E-state index in [1.807, 2.05) is 56.3 Å². The summed E-state index contributed by atoms with van der Waals surface area (Å²) in [5, 5.41) is 8.93. The molecule has 0 aromatic heterocycles. The lowest BCUT2D eigenvalue weighted by Crippen LogP contribution is -2.41. The number of ether oxygens (including phenoxy) is 2. The molecule has 1 atom stereocenters. The van der Waals surface area contributed by atoms with Crippen molar-refractivity contribution >= 4 is 11.7 Å². The molecule has 1 heterocycles. The van der Waals surface area contributed by atoms with Crippen molar-refractivity contribution in [2.75, 3.05) is 21.3 Å². The number of nitrogens with one attached hydrogen (secondary N) is 1. The molecule has 2 amide bonds. The summed E-state index contributed by atoms with van der Waals surface area (Å²) in [5.41, 5.74) is 5.89. The van der Waals surface area contributed by atoms with E-state index in [2.05, 4.69) is 5.32 Å². The van der Waals surface area contributed by atoms with Gasteiger partial charge in [-0.2, -0.15) is 5.10 Å². The molecule has 0 radical (unpaired) electrons. The van der Waals surface area contributed by atoms with Gasteiger partial charge in [0.2, 0.25) is 0 Å². The zero-order chi connectivity index (χ0) is 24.4. The van der Waals surface area contributed by atoms with Crippen LogP contribution in [0.2, 0.25) is 0 Å². The van der Waals surface area contributed by atoms with Crippen LogP contribution < -0.4 is 14.8 Å². The zero-order valence-corrected chi connectivity index (χ0v) is 20.0. The second-order valence-corrected chi connectivity index (χ2v) is 8.36. The Kier molecular flexibility index (Phi) is 6.54. The number of benzene rings is 3. The third kappa shape index (κ3) is 4.46. The first-order valence-corrected chi connectivity index (χ1v) is 11.1. The number of amides is 2. The summed E-state index contributed by atoms with van der Waals surface area (Å²) in [6.45, 7) is 3.83. The predicted molar refractivity (Wildman–Crippen MR) is 131 cm³/mol. The molecule has 176 valence electrons. The summed E-state index contributed by atoms with van der Waals surface area (Å²) in [6, 6.07) is 16.1. The van der Waals surface area contributed by atoms with Gasteiger partial charge in [0.15, 0.2) is 11.5 Å². The highest BCUT2D eigenvalue weighted by molar-refractivity contribution is 6.14. The number of fused-ring (bicyclic) bond motifs is 1. The molecule has 0 spiro atoms. The highest BCUT2D eigenvalue weighted by Crippen LogP contribution is 2.35. The van der Waals surface area contributed by atoms with Gasteiger partial charge < -0.3 is 14.8 Å². The fourth-order valence-electron chi connectivity index (χ4n) is 4.27. The van der Waals surface area contributed by atoms with Gasteiger partial charge >= 0.3 is 6.03 Å². The van der Waals surface area contributed by atoms with E-state index in [-0.39, 0.29) is 17.9 Å². The van der Waals surface area contributed by atoms with Crippen LogP contribution in [0.4, 0.5) is 9.18 Å². The number of hydrogen-bond donors (Lipinski definition) is 1. The normalized spacial score (nSPS) is 15.2. The maximum atomic E-state index is 13.9. The molecule has 1 N–H and O–H groups in total. The van der Waals surface area contributed by atoms with Crippen molar-refractivity contribution < 1.29 is 18.7 Å². The Labute approximate surface area is 199 Å². The molecule has 0 saturated heterocycles. The molecular weight excluding hydrogens is 433 g/mol. The molecule has 34 heavy (non-hydrogen) atoms. The van der Waals surface area contributed by atoms with E-state index >= 15 is 0 Å². The average Bonchev–Trinajstić information content (AvgIpc) is 2.97. The van der Waals surface area contributed by atoms with Gasteiger partial charge in [-0.3, -0.25) is 0 Å². The number of hydrazone groups is 1. The highest BCUT2D eigenvalue weighted by Gasteiger charge is 2.28. The van der Waals surface area contributed by atoms with Crippen molar-refractivity contribution in [3.8, 4) is 22.6 Å². The van der Waals surface area contributed by atoms with Gasteiger partial charge in [0.1, 0.15) is 5.82 Å². The van der Waals surface area contributed by atoms with Gasteiger partial charge in [-0.05, 0) is 66.8 Å². The average molecular weight is 462 g/mol. The lowest BCUT2D eigenvalue weighted by Gasteiger charge is -2.22. The molecule has 0 saturated carbocycles. The first kappa shape index (κ1) is 23.3. The third-order valence-corrected chi connectivity index (χ3v) is 5.96. The number of halogens is 1. The van der Waals surface area contributed by atoms with Gasteiger partial charge in [-0.25, -0.2) is 14.2 Å². The molecule has 1 aliphatic rings. The molecule has 1 aliphatic heterocycles. The monoisotopic (exact) mass is 461 g/mol. The van der Waals surface area contributed by atoms with Gasteiger partial charge in [0, 0.05) is 18.2 Å². The number of urea groups is 1. The minimum Gasteiger partial charge on any atom is -0.493 e. The lowest BCUT2D eigenvalue weighted by atomic mass is 9.93. The first-order chi connectivity index (χ1) is 16.3. The van der Waals surface area contributed by atoms with Crippen LogP contribution in [0.15, 0.2) is 59.7 Å². The third-order valence-electron chi connectivity index (χ3n) is 5.96. The van der Waals surface area contributed by atoms with Crippen LogP contribution in [-0.2, 0) is 6.42 Å². The lowest BCUT2D eigenvalue weighted by molar-refractivity contribution is 0.184. The number of carbonyl (C=O) groups is 1. The maximum Gasteiger partial charge on any atom is 0.337 e. The second-order valence-electron chi connectivity index (χ2n) is 8.36. The van der Waals surface area contributed by atoms with Crippen LogP contribution in [0.3, 0.4) is 0 Å². The zero-order valence-electron chi connectivity index (χ0n) is 20.0. The number of rotatable bonds is 4. The molecular formula is C27H28FN3O3. The fraction of sp³-hybridized carbons (Fsp3) is 0.259. The van der Waals surface area contributed by atoms with E-state index in [9.17, 15) is 9.18 Å². The summed E-state index contributed by atoms with van der Waals surface area (Å²) in [4.78, 5) is 12.6. The van der Waals surface area contributed by atoms with Gasteiger partial charge in [-0.1, -0.05) is 30.3 Å². The van der Waals surface area contributed by atoms with Gasteiger partial charge in [0.05, 0.1) is 26.0 Å². The van der Waals surface area contributed by atoms with Crippen molar-refractivity contribution in [2.45, 2.75) is 26.3 Å². The summed E-state index contributed by atoms with van der Waals surface area (Å²) in [6.07, 6.45) is 0.594. The van der Waals surface area contributed by atoms with Crippen LogP contribution in [0.5, 0.6) is 11.5 Å². The van der Waals surface area contributed by atoms with E-state index in [1.54, 1.807) is 21.3 Å². The van der Waals surface area contributed by atoms with Crippen molar-refractivity contribution in [2.24, 2.45) is 5.10 Å². The number of methoxy groups -OCH3 is 2. The van der Waals surface area contributed by atoms with E-state index in [0.717, 1.165) is 33.4 Å². The Morgan fingerprint density at radius 1 is 1.00 bits per heavy atom. The minimum atomic E-state index is -0.288. The Balaban J connectivity index is 1.85. The summed E-state index contributed by atoms with van der Waals surface area (Å²) < 4.78 is 25.0. The van der Waals surface area contributed by atoms with Crippen LogP contribution >= 0.6 is 0 Å². The van der Waals surface area contributed by atoms with Crippen molar-refractivity contribution in [1.29, 1.82) is 0 Å². The standard InChI is InChI=1S/C27H28FN3O3/c1-16-10-20(13-22(28)11-16)18-6-8-19(9-7-18)26-23-15-25(34-5)24(33-4)14-21(23)12-17(2)31(30-26)27(32)29-3/h6-11,13-15,17H,12H2,1-5H3,(H,29,32). The Hall–Kier alpha value is -3.87. The van der Waals surface area contributed by atoms with E-state index in [0.29, 0.717) is 23.6 Å². The topological polar surface area (TPSA) is 63.2 Å². The molecule has 4 rings (SSSR count). The summed E-state index contributed by atoms with van der Waals surface area (Å²) >= 11 is 0. The molecule has 6 nitrogen and oxygen atoms in total. The smallest absolute Gasteiger partial charge is 0.337 e. The predicted octanol–water partition coefficient (Wildman–Crippen LogP) is 5.16. The van der Waals surface area contributed by atoms with Gasteiger partial charge in [-0.15, -0.1) is 0 Å². The molecule has 0 fully saturated rings.